The predicted molar refractivity (Wildman–Crippen MR) is 60.3 cm³/mol. The molecule has 2 heteroatoms. The van der Waals surface area contributed by atoms with E-state index in [1.165, 1.54) is 13.0 Å². The molecular formula is C12H25NO. The standard InChI is InChI=1S/C12H25NO/c1-9(2)6-13-7-11-5-12(11)10(3)8-14-4/h9-13H,5-8H2,1-4H3. The summed E-state index contributed by atoms with van der Waals surface area (Å²) in [6.07, 6.45) is 1.40. The van der Waals surface area contributed by atoms with Gasteiger partial charge >= 0.3 is 0 Å². The van der Waals surface area contributed by atoms with Crippen LogP contribution in [0.3, 0.4) is 0 Å². The normalized spacial score (nSPS) is 28.1. The van der Waals surface area contributed by atoms with E-state index in [-0.39, 0.29) is 0 Å². The largest absolute Gasteiger partial charge is 0.384 e. The monoisotopic (exact) mass is 199 g/mol. The number of methoxy groups -OCH3 is 1. The van der Waals surface area contributed by atoms with Gasteiger partial charge in [-0.1, -0.05) is 20.8 Å². The van der Waals surface area contributed by atoms with E-state index < -0.39 is 0 Å². The molecule has 0 aromatic heterocycles. The maximum Gasteiger partial charge on any atom is 0.0490 e. The van der Waals surface area contributed by atoms with E-state index in [1.54, 1.807) is 7.11 Å². The zero-order chi connectivity index (χ0) is 10.6. The molecule has 1 N–H and O–H groups in total. The molecule has 1 fully saturated rings. The highest BCUT2D eigenvalue weighted by molar-refractivity contribution is 4.90. The van der Waals surface area contributed by atoms with Crippen molar-refractivity contribution in [2.75, 3.05) is 26.8 Å². The van der Waals surface area contributed by atoms with Crippen LogP contribution >= 0.6 is 0 Å². The summed E-state index contributed by atoms with van der Waals surface area (Å²) in [5.41, 5.74) is 0. The first-order valence-electron chi connectivity index (χ1n) is 5.84. The van der Waals surface area contributed by atoms with Gasteiger partial charge in [-0.15, -0.1) is 0 Å². The first kappa shape index (κ1) is 12.0. The summed E-state index contributed by atoms with van der Waals surface area (Å²) in [6.45, 7) is 10.1. The van der Waals surface area contributed by atoms with Crippen LogP contribution in [0.4, 0.5) is 0 Å². The van der Waals surface area contributed by atoms with Gasteiger partial charge in [0.25, 0.3) is 0 Å². The van der Waals surface area contributed by atoms with Gasteiger partial charge in [-0.05, 0) is 43.2 Å². The molecule has 0 heterocycles. The zero-order valence-corrected chi connectivity index (χ0v) is 10.0. The summed E-state index contributed by atoms with van der Waals surface area (Å²) in [4.78, 5) is 0. The molecule has 0 aromatic carbocycles. The van der Waals surface area contributed by atoms with Crippen molar-refractivity contribution in [1.82, 2.24) is 5.32 Å². The van der Waals surface area contributed by atoms with Crippen molar-refractivity contribution in [2.45, 2.75) is 27.2 Å². The van der Waals surface area contributed by atoms with Gasteiger partial charge in [0, 0.05) is 13.7 Å². The van der Waals surface area contributed by atoms with Crippen molar-refractivity contribution >= 4 is 0 Å². The molecule has 1 aliphatic carbocycles. The van der Waals surface area contributed by atoms with Crippen LogP contribution in [-0.2, 0) is 4.74 Å². The van der Waals surface area contributed by atoms with Crippen molar-refractivity contribution in [3.8, 4) is 0 Å². The first-order valence-corrected chi connectivity index (χ1v) is 5.84. The first-order chi connectivity index (χ1) is 6.65. The number of nitrogens with one attached hydrogen (secondary N) is 1. The Kier molecular flexibility index (Phi) is 4.90. The summed E-state index contributed by atoms with van der Waals surface area (Å²) in [6, 6.07) is 0. The Labute approximate surface area is 88.4 Å². The quantitative estimate of drug-likeness (QED) is 0.678. The molecular weight excluding hydrogens is 174 g/mol. The number of ether oxygens (including phenoxy) is 1. The minimum absolute atomic E-state index is 0.742. The van der Waals surface area contributed by atoms with Crippen molar-refractivity contribution in [1.29, 1.82) is 0 Å². The molecule has 84 valence electrons. The second-order valence-electron chi connectivity index (χ2n) is 5.14. The Bertz CT molecular complexity index is 158. The van der Waals surface area contributed by atoms with Crippen LogP contribution in [0.2, 0.25) is 0 Å². The van der Waals surface area contributed by atoms with E-state index >= 15 is 0 Å². The van der Waals surface area contributed by atoms with Gasteiger partial charge in [-0.3, -0.25) is 0 Å². The van der Waals surface area contributed by atoms with Crippen LogP contribution in [-0.4, -0.2) is 26.8 Å². The van der Waals surface area contributed by atoms with Gasteiger partial charge in [0.05, 0.1) is 0 Å². The molecule has 0 aliphatic heterocycles. The SMILES string of the molecule is COCC(C)C1CC1CNCC(C)C. The lowest BCUT2D eigenvalue weighted by Gasteiger charge is -2.10. The second kappa shape index (κ2) is 5.72. The summed E-state index contributed by atoms with van der Waals surface area (Å²) in [5, 5.41) is 3.53. The average Bonchev–Trinajstić information content (AvgIpc) is 2.84. The van der Waals surface area contributed by atoms with Crippen LogP contribution < -0.4 is 5.32 Å². The topological polar surface area (TPSA) is 21.3 Å². The molecule has 3 atom stereocenters. The number of rotatable bonds is 7. The van der Waals surface area contributed by atoms with Crippen molar-refractivity contribution in [3.05, 3.63) is 0 Å². The molecule has 0 saturated heterocycles. The Morgan fingerprint density at radius 1 is 1.36 bits per heavy atom. The van der Waals surface area contributed by atoms with Crippen LogP contribution in [0.25, 0.3) is 0 Å². The van der Waals surface area contributed by atoms with Gasteiger partial charge in [-0.2, -0.15) is 0 Å². The third-order valence-electron chi connectivity index (χ3n) is 3.10. The van der Waals surface area contributed by atoms with E-state index in [1.807, 2.05) is 0 Å². The fourth-order valence-electron chi connectivity index (χ4n) is 2.15. The lowest BCUT2D eigenvalue weighted by atomic mass is 10.1. The van der Waals surface area contributed by atoms with Gasteiger partial charge < -0.3 is 10.1 Å². The number of hydrogen-bond donors (Lipinski definition) is 1. The van der Waals surface area contributed by atoms with Crippen molar-refractivity contribution < 1.29 is 4.74 Å². The van der Waals surface area contributed by atoms with Crippen LogP contribution in [0.1, 0.15) is 27.2 Å². The van der Waals surface area contributed by atoms with E-state index in [0.29, 0.717) is 0 Å². The maximum absolute atomic E-state index is 5.18. The van der Waals surface area contributed by atoms with Gasteiger partial charge in [-0.25, -0.2) is 0 Å². The Morgan fingerprint density at radius 3 is 2.64 bits per heavy atom. The van der Waals surface area contributed by atoms with Crippen LogP contribution in [0.5, 0.6) is 0 Å². The minimum Gasteiger partial charge on any atom is -0.384 e. The number of hydrogen-bond acceptors (Lipinski definition) is 2. The Hall–Kier alpha value is -0.0800. The van der Waals surface area contributed by atoms with Gasteiger partial charge in [0.1, 0.15) is 0 Å². The average molecular weight is 199 g/mol. The molecule has 0 aromatic rings. The van der Waals surface area contributed by atoms with Crippen LogP contribution in [0, 0.1) is 23.7 Å². The third-order valence-corrected chi connectivity index (χ3v) is 3.10. The molecule has 0 amide bonds. The highest BCUT2D eigenvalue weighted by atomic mass is 16.5. The molecule has 0 spiro atoms. The van der Waals surface area contributed by atoms with Crippen LogP contribution in [0.15, 0.2) is 0 Å². The summed E-state index contributed by atoms with van der Waals surface area (Å²) in [7, 11) is 1.80. The molecule has 1 saturated carbocycles. The molecule has 2 nitrogen and oxygen atoms in total. The fourth-order valence-corrected chi connectivity index (χ4v) is 2.15. The second-order valence-corrected chi connectivity index (χ2v) is 5.14. The smallest absolute Gasteiger partial charge is 0.0490 e. The molecule has 3 unspecified atom stereocenters. The Morgan fingerprint density at radius 2 is 2.07 bits per heavy atom. The predicted octanol–water partition coefficient (Wildman–Crippen LogP) is 2.15. The maximum atomic E-state index is 5.18. The lowest BCUT2D eigenvalue weighted by molar-refractivity contribution is 0.147. The van der Waals surface area contributed by atoms with Crippen molar-refractivity contribution in [3.63, 3.8) is 0 Å². The molecule has 0 bridgehead atoms. The summed E-state index contributed by atoms with van der Waals surface area (Å²) < 4.78 is 5.18. The molecule has 14 heavy (non-hydrogen) atoms. The Balaban J connectivity index is 2.02. The fraction of sp³-hybridized carbons (Fsp3) is 1.00. The van der Waals surface area contributed by atoms with E-state index in [2.05, 4.69) is 26.1 Å². The van der Waals surface area contributed by atoms with E-state index in [9.17, 15) is 0 Å². The van der Waals surface area contributed by atoms with Gasteiger partial charge in [0.15, 0.2) is 0 Å². The van der Waals surface area contributed by atoms with Crippen molar-refractivity contribution in [2.24, 2.45) is 23.7 Å². The molecule has 0 radical (unpaired) electrons. The molecule has 1 rings (SSSR count). The zero-order valence-electron chi connectivity index (χ0n) is 10.0. The molecule has 1 aliphatic rings. The lowest BCUT2D eigenvalue weighted by Crippen LogP contribution is -2.23. The highest BCUT2D eigenvalue weighted by Gasteiger charge is 2.40. The van der Waals surface area contributed by atoms with E-state index in [4.69, 9.17) is 4.74 Å². The van der Waals surface area contributed by atoms with E-state index in [0.717, 1.165) is 36.8 Å². The highest BCUT2D eigenvalue weighted by Crippen LogP contribution is 2.43. The van der Waals surface area contributed by atoms with Gasteiger partial charge in [0.2, 0.25) is 0 Å². The minimum atomic E-state index is 0.742. The summed E-state index contributed by atoms with van der Waals surface area (Å²) >= 11 is 0. The third kappa shape index (κ3) is 3.97. The summed E-state index contributed by atoms with van der Waals surface area (Å²) in [5.74, 6) is 3.34.